The second-order valence-corrected chi connectivity index (χ2v) is 7.22. The first-order valence-corrected chi connectivity index (χ1v) is 8.96. The average Bonchev–Trinajstić information content (AvgIpc) is 2.75. The van der Waals surface area contributed by atoms with E-state index in [2.05, 4.69) is 10.2 Å². The van der Waals surface area contributed by atoms with Gasteiger partial charge in [-0.1, -0.05) is 18.2 Å². The predicted octanol–water partition coefficient (Wildman–Crippen LogP) is -0.376. The maximum Gasteiger partial charge on any atom is 0.204 e. The third-order valence-corrected chi connectivity index (χ3v) is 5.57. The molecule has 0 saturated carbocycles. The summed E-state index contributed by atoms with van der Waals surface area (Å²) in [4.78, 5) is 3.00. The number of nitrogens with two attached hydrogens (primary N) is 2. The summed E-state index contributed by atoms with van der Waals surface area (Å²) in [5, 5.41) is 3.19. The van der Waals surface area contributed by atoms with Gasteiger partial charge in [-0.05, 0) is 17.7 Å². The van der Waals surface area contributed by atoms with Crippen molar-refractivity contribution in [2.75, 3.05) is 45.8 Å². The van der Waals surface area contributed by atoms with Crippen LogP contribution in [0, 0.1) is 0 Å². The van der Waals surface area contributed by atoms with Crippen LogP contribution in [-0.4, -0.2) is 59.1 Å². The van der Waals surface area contributed by atoms with Gasteiger partial charge in [-0.3, -0.25) is 4.90 Å². The second kappa shape index (κ2) is 7.85. The van der Waals surface area contributed by atoms with Crippen LogP contribution >= 0.6 is 0 Å². The summed E-state index contributed by atoms with van der Waals surface area (Å²) in [7, 11) is -3.32. The van der Waals surface area contributed by atoms with Crippen molar-refractivity contribution in [1.82, 2.24) is 10.2 Å². The minimum absolute atomic E-state index is 0.343. The van der Waals surface area contributed by atoms with Crippen LogP contribution in [0.5, 0.6) is 0 Å². The Balaban J connectivity index is 1.86. The lowest BCUT2D eigenvalue weighted by Crippen LogP contribution is -2.39. The lowest BCUT2D eigenvalue weighted by molar-refractivity contribution is 0.289. The molecule has 0 spiro atoms. The van der Waals surface area contributed by atoms with E-state index in [0.29, 0.717) is 36.0 Å². The Kier molecular flexibility index (Phi) is 6.10. The fraction of sp³-hybridized carbons (Fsp3) is 0.467. The third-order valence-electron chi connectivity index (χ3n) is 3.66. The van der Waals surface area contributed by atoms with Crippen LogP contribution < -0.4 is 16.8 Å². The van der Waals surface area contributed by atoms with Crippen LogP contribution in [-0.2, 0) is 9.84 Å². The molecule has 2 rings (SSSR count). The smallest absolute Gasteiger partial charge is 0.204 e. The average molecular weight is 324 g/mol. The van der Waals surface area contributed by atoms with E-state index in [1.165, 1.54) is 0 Å². The van der Waals surface area contributed by atoms with Crippen LogP contribution in [0.3, 0.4) is 0 Å². The summed E-state index contributed by atoms with van der Waals surface area (Å²) in [5.41, 5.74) is 11.9. The first-order valence-electron chi connectivity index (χ1n) is 7.47. The summed E-state index contributed by atoms with van der Waals surface area (Å²) in [6.45, 7) is 4.62. The molecule has 1 aromatic rings. The van der Waals surface area contributed by atoms with E-state index in [9.17, 15) is 8.42 Å². The zero-order valence-electron chi connectivity index (χ0n) is 12.7. The summed E-state index contributed by atoms with van der Waals surface area (Å²) in [5.74, 6) is 0. The van der Waals surface area contributed by atoms with E-state index in [1.807, 2.05) is 12.1 Å². The van der Waals surface area contributed by atoms with Gasteiger partial charge in [0.25, 0.3) is 0 Å². The highest BCUT2D eigenvalue weighted by atomic mass is 32.2. The number of sulfone groups is 1. The maximum absolute atomic E-state index is 12.4. The normalized spacial score (nSPS) is 15.9. The van der Waals surface area contributed by atoms with Gasteiger partial charge < -0.3 is 16.8 Å². The number of hydrogen-bond acceptors (Lipinski definition) is 6. The Labute approximate surface area is 132 Å². The molecule has 1 heterocycles. The Hall–Kier alpha value is -1.25. The summed E-state index contributed by atoms with van der Waals surface area (Å²) in [6, 6.07) is 7.07. The van der Waals surface area contributed by atoms with E-state index in [4.69, 9.17) is 11.5 Å². The molecule has 0 fully saturated rings. The van der Waals surface area contributed by atoms with Crippen LogP contribution in [0.15, 0.2) is 34.1 Å². The van der Waals surface area contributed by atoms with Gasteiger partial charge >= 0.3 is 0 Å². The van der Waals surface area contributed by atoms with Crippen molar-refractivity contribution >= 4 is 15.9 Å². The fourth-order valence-corrected chi connectivity index (χ4v) is 4.08. The molecular weight excluding hydrogens is 300 g/mol. The molecule has 0 aliphatic carbocycles. The maximum atomic E-state index is 12.4. The molecule has 1 aromatic carbocycles. The number of rotatable bonds is 9. The highest BCUT2D eigenvalue weighted by molar-refractivity contribution is 7.95. The van der Waals surface area contributed by atoms with E-state index in [1.54, 1.807) is 18.2 Å². The molecule has 122 valence electrons. The highest BCUT2D eigenvalue weighted by Gasteiger charge is 2.28. The Morgan fingerprint density at radius 2 is 1.73 bits per heavy atom. The minimum Gasteiger partial charge on any atom is -0.329 e. The molecule has 0 atom stereocenters. The van der Waals surface area contributed by atoms with Crippen LogP contribution in [0.2, 0.25) is 0 Å². The summed E-state index contributed by atoms with van der Waals surface area (Å²) < 4.78 is 24.7. The molecule has 1 aliphatic rings. The molecule has 5 N–H and O–H groups in total. The van der Waals surface area contributed by atoms with Crippen molar-refractivity contribution in [2.45, 2.75) is 4.90 Å². The van der Waals surface area contributed by atoms with Crippen molar-refractivity contribution in [1.29, 1.82) is 0 Å². The van der Waals surface area contributed by atoms with Gasteiger partial charge in [-0.25, -0.2) is 8.42 Å². The van der Waals surface area contributed by atoms with Crippen molar-refractivity contribution in [3.63, 3.8) is 0 Å². The van der Waals surface area contributed by atoms with Gasteiger partial charge in [0.1, 0.15) is 0 Å². The quantitative estimate of drug-likeness (QED) is 0.536. The van der Waals surface area contributed by atoms with Crippen molar-refractivity contribution in [3.8, 4) is 0 Å². The number of hydrogen-bond donors (Lipinski definition) is 3. The van der Waals surface area contributed by atoms with Gasteiger partial charge in [0.05, 0.1) is 9.80 Å². The van der Waals surface area contributed by atoms with E-state index >= 15 is 0 Å². The van der Waals surface area contributed by atoms with Crippen molar-refractivity contribution < 1.29 is 8.42 Å². The standard InChI is InChI=1S/C15H24N4O2S/c16-5-8-19(9-6-17)10-7-18-12-14-11-13-3-1-2-4-15(13)22(14,20)21/h1-4,11,18H,5-10,12,16-17H2. The zero-order valence-corrected chi connectivity index (χ0v) is 13.5. The van der Waals surface area contributed by atoms with Gasteiger partial charge in [-0.2, -0.15) is 0 Å². The molecule has 0 unspecified atom stereocenters. The van der Waals surface area contributed by atoms with Crippen LogP contribution in [0.25, 0.3) is 6.08 Å². The molecule has 22 heavy (non-hydrogen) atoms. The third kappa shape index (κ3) is 3.93. The lowest BCUT2D eigenvalue weighted by Gasteiger charge is -2.20. The minimum atomic E-state index is -3.32. The molecule has 0 bridgehead atoms. The Morgan fingerprint density at radius 3 is 2.36 bits per heavy atom. The Bertz CT molecular complexity index is 622. The SMILES string of the molecule is NCCN(CCN)CCNCC1=Cc2ccccc2S1(=O)=O. The van der Waals surface area contributed by atoms with Crippen molar-refractivity contribution in [3.05, 3.63) is 34.7 Å². The van der Waals surface area contributed by atoms with E-state index < -0.39 is 9.84 Å². The molecule has 1 aliphatic heterocycles. The monoisotopic (exact) mass is 324 g/mol. The number of fused-ring (bicyclic) bond motifs is 1. The first kappa shape index (κ1) is 17.1. The highest BCUT2D eigenvalue weighted by Crippen LogP contribution is 2.31. The lowest BCUT2D eigenvalue weighted by atomic mass is 10.2. The largest absolute Gasteiger partial charge is 0.329 e. The van der Waals surface area contributed by atoms with E-state index in [0.717, 1.165) is 25.2 Å². The number of nitrogens with one attached hydrogen (secondary N) is 1. The van der Waals surface area contributed by atoms with Crippen LogP contribution in [0.1, 0.15) is 5.56 Å². The molecule has 0 radical (unpaired) electrons. The molecule has 0 aromatic heterocycles. The Morgan fingerprint density at radius 1 is 1.05 bits per heavy atom. The fourth-order valence-electron chi connectivity index (χ4n) is 2.53. The molecular formula is C15H24N4O2S. The first-order chi connectivity index (χ1) is 10.6. The summed E-state index contributed by atoms with van der Waals surface area (Å²) >= 11 is 0. The van der Waals surface area contributed by atoms with Gasteiger partial charge in [0, 0.05) is 45.8 Å². The zero-order chi connectivity index (χ0) is 16.0. The van der Waals surface area contributed by atoms with Gasteiger partial charge in [0.2, 0.25) is 9.84 Å². The number of benzene rings is 1. The van der Waals surface area contributed by atoms with Crippen molar-refractivity contribution in [2.24, 2.45) is 11.5 Å². The predicted molar refractivity (Wildman–Crippen MR) is 89.0 cm³/mol. The molecule has 0 saturated heterocycles. The van der Waals surface area contributed by atoms with Crippen LogP contribution in [0.4, 0.5) is 0 Å². The topological polar surface area (TPSA) is 101 Å². The van der Waals surface area contributed by atoms with E-state index in [-0.39, 0.29) is 0 Å². The molecule has 6 nitrogen and oxygen atoms in total. The van der Waals surface area contributed by atoms with Gasteiger partial charge in [-0.15, -0.1) is 0 Å². The van der Waals surface area contributed by atoms with Gasteiger partial charge in [0.15, 0.2) is 0 Å². The number of nitrogens with zero attached hydrogens (tertiary/aromatic N) is 1. The summed E-state index contributed by atoms with van der Waals surface area (Å²) in [6.07, 6.45) is 1.75. The molecule has 7 heteroatoms. The second-order valence-electron chi connectivity index (χ2n) is 5.25. The molecule has 0 amide bonds.